The van der Waals surface area contributed by atoms with Crippen LogP contribution in [0.15, 0.2) is 58.1 Å². The van der Waals surface area contributed by atoms with E-state index < -0.39 is 11.2 Å². The maximum absolute atomic E-state index is 13.4. The first-order chi connectivity index (χ1) is 15.3. The van der Waals surface area contributed by atoms with Crippen LogP contribution in [0.5, 0.6) is 0 Å². The van der Waals surface area contributed by atoms with Gasteiger partial charge in [0, 0.05) is 20.6 Å². The molecule has 0 fully saturated rings. The van der Waals surface area contributed by atoms with Gasteiger partial charge in [0.25, 0.3) is 5.56 Å². The number of hydrogen-bond acceptors (Lipinski definition) is 4. The van der Waals surface area contributed by atoms with E-state index in [0.717, 1.165) is 15.0 Å². The summed E-state index contributed by atoms with van der Waals surface area (Å²) in [7, 11) is 0. The highest BCUT2D eigenvalue weighted by atomic mass is 35.5. The number of rotatable bonds is 5. The summed E-state index contributed by atoms with van der Waals surface area (Å²) in [4.78, 5) is 40.9. The molecule has 6 nitrogen and oxygen atoms in total. The summed E-state index contributed by atoms with van der Waals surface area (Å²) in [6, 6.07) is 13.4. The maximum Gasteiger partial charge on any atom is 0.337 e. The number of nitrogens with zero attached hydrogens (tertiary/aromatic N) is 2. The van der Waals surface area contributed by atoms with Crippen molar-refractivity contribution in [2.75, 3.05) is 5.32 Å². The molecule has 0 aliphatic heterocycles. The molecular formula is C23H19Cl2N3O3S. The van der Waals surface area contributed by atoms with Crippen molar-refractivity contribution in [3.8, 4) is 5.69 Å². The molecule has 0 spiro atoms. The van der Waals surface area contributed by atoms with Crippen LogP contribution in [-0.2, 0) is 17.8 Å². The summed E-state index contributed by atoms with van der Waals surface area (Å²) in [6.45, 7) is 3.55. The molecule has 0 aliphatic rings. The Morgan fingerprint density at radius 3 is 2.50 bits per heavy atom. The molecule has 0 saturated heterocycles. The van der Waals surface area contributed by atoms with E-state index in [2.05, 4.69) is 5.32 Å². The van der Waals surface area contributed by atoms with Crippen LogP contribution >= 0.6 is 34.5 Å². The molecule has 2 aromatic heterocycles. The van der Waals surface area contributed by atoms with E-state index in [9.17, 15) is 14.4 Å². The molecular weight excluding hydrogens is 469 g/mol. The zero-order chi connectivity index (χ0) is 23.0. The Morgan fingerprint density at radius 2 is 1.81 bits per heavy atom. The Bertz CT molecular complexity index is 1470. The number of carbonyl (C=O) groups is 1. The van der Waals surface area contributed by atoms with Gasteiger partial charge in [0.05, 0.1) is 11.1 Å². The average molecular weight is 488 g/mol. The summed E-state index contributed by atoms with van der Waals surface area (Å²) >= 11 is 13.4. The molecule has 2 aromatic carbocycles. The van der Waals surface area contributed by atoms with Crippen molar-refractivity contribution in [3.05, 3.63) is 89.9 Å². The lowest BCUT2D eigenvalue weighted by Crippen LogP contribution is -2.40. The molecule has 2 heterocycles. The minimum absolute atomic E-state index is 0.248. The van der Waals surface area contributed by atoms with Crippen molar-refractivity contribution < 1.29 is 4.79 Å². The largest absolute Gasteiger partial charge is 0.337 e. The Hall–Kier alpha value is -2.87. The number of carbonyl (C=O) groups excluding carboxylic acids is 1. The Morgan fingerprint density at radius 1 is 1.06 bits per heavy atom. The molecule has 4 rings (SSSR count). The van der Waals surface area contributed by atoms with Crippen LogP contribution in [0.4, 0.5) is 5.69 Å². The van der Waals surface area contributed by atoms with Crippen LogP contribution in [0.1, 0.15) is 17.4 Å². The van der Waals surface area contributed by atoms with Crippen molar-refractivity contribution in [1.82, 2.24) is 9.13 Å². The molecule has 9 heteroatoms. The number of anilines is 1. The fourth-order valence-electron chi connectivity index (χ4n) is 3.46. The molecule has 1 amide bonds. The van der Waals surface area contributed by atoms with Crippen molar-refractivity contribution in [2.24, 2.45) is 0 Å². The number of amides is 1. The van der Waals surface area contributed by atoms with E-state index in [1.54, 1.807) is 48.5 Å². The van der Waals surface area contributed by atoms with Crippen molar-refractivity contribution in [1.29, 1.82) is 0 Å². The maximum atomic E-state index is 13.4. The van der Waals surface area contributed by atoms with Gasteiger partial charge < -0.3 is 5.32 Å². The number of aromatic nitrogens is 2. The summed E-state index contributed by atoms with van der Waals surface area (Å²) in [5.74, 6) is -0.387. The predicted molar refractivity (Wildman–Crippen MR) is 131 cm³/mol. The third-order valence-corrected chi connectivity index (χ3v) is 6.82. The third-order valence-electron chi connectivity index (χ3n) is 5.04. The predicted octanol–water partition coefficient (Wildman–Crippen LogP) is 5.03. The first kappa shape index (κ1) is 22.3. The highest BCUT2D eigenvalue weighted by molar-refractivity contribution is 7.18. The minimum Gasteiger partial charge on any atom is -0.324 e. The van der Waals surface area contributed by atoms with Crippen molar-refractivity contribution >= 4 is 56.3 Å². The second kappa shape index (κ2) is 8.94. The SMILES string of the molecule is CCc1cc2c(=O)n(-c3cccc(Cl)c3)c(=O)n(CC(=O)Nc3ccc(Cl)cc3C)c2s1. The lowest BCUT2D eigenvalue weighted by molar-refractivity contribution is -0.116. The topological polar surface area (TPSA) is 73.1 Å². The van der Waals surface area contributed by atoms with Gasteiger partial charge in [-0.05, 0) is 61.4 Å². The van der Waals surface area contributed by atoms with Crippen LogP contribution in [-0.4, -0.2) is 15.0 Å². The zero-order valence-electron chi connectivity index (χ0n) is 17.3. The van der Waals surface area contributed by atoms with E-state index in [-0.39, 0.29) is 12.5 Å². The average Bonchev–Trinajstić information content (AvgIpc) is 3.18. The lowest BCUT2D eigenvalue weighted by atomic mass is 10.2. The number of nitrogens with one attached hydrogen (secondary N) is 1. The number of hydrogen-bond donors (Lipinski definition) is 1. The lowest BCUT2D eigenvalue weighted by Gasteiger charge is -2.13. The van der Waals surface area contributed by atoms with E-state index >= 15 is 0 Å². The normalized spacial score (nSPS) is 11.1. The van der Waals surface area contributed by atoms with Gasteiger partial charge in [0.2, 0.25) is 5.91 Å². The van der Waals surface area contributed by atoms with E-state index in [1.807, 2.05) is 13.8 Å². The zero-order valence-corrected chi connectivity index (χ0v) is 19.6. The number of fused-ring (bicyclic) bond motifs is 1. The van der Waals surface area contributed by atoms with Gasteiger partial charge in [-0.15, -0.1) is 11.3 Å². The molecule has 0 atom stereocenters. The molecule has 0 radical (unpaired) electrons. The highest BCUT2D eigenvalue weighted by Gasteiger charge is 2.19. The van der Waals surface area contributed by atoms with Crippen LogP contribution in [0.3, 0.4) is 0 Å². The van der Waals surface area contributed by atoms with Crippen LogP contribution < -0.4 is 16.6 Å². The Kier molecular flexibility index (Phi) is 6.24. The molecule has 0 bridgehead atoms. The summed E-state index contributed by atoms with van der Waals surface area (Å²) in [6.07, 6.45) is 0.709. The van der Waals surface area contributed by atoms with Gasteiger partial charge in [-0.3, -0.25) is 14.2 Å². The molecule has 0 saturated carbocycles. The Labute approximate surface area is 197 Å². The van der Waals surface area contributed by atoms with Gasteiger partial charge in [-0.1, -0.05) is 36.2 Å². The molecule has 0 aliphatic carbocycles. The van der Waals surface area contributed by atoms with Gasteiger partial charge in [0.15, 0.2) is 0 Å². The van der Waals surface area contributed by atoms with Crippen molar-refractivity contribution in [2.45, 2.75) is 26.8 Å². The minimum atomic E-state index is -0.600. The van der Waals surface area contributed by atoms with Crippen LogP contribution in [0.2, 0.25) is 10.0 Å². The molecule has 164 valence electrons. The number of halogens is 2. The monoisotopic (exact) mass is 487 g/mol. The molecule has 4 aromatic rings. The fourth-order valence-corrected chi connectivity index (χ4v) is 4.95. The van der Waals surface area contributed by atoms with Crippen LogP contribution in [0.25, 0.3) is 15.9 Å². The number of aryl methyl sites for hydroxylation is 2. The second-order valence-corrected chi connectivity index (χ2v) is 9.27. The molecule has 0 unspecified atom stereocenters. The van der Waals surface area contributed by atoms with E-state index in [4.69, 9.17) is 23.2 Å². The first-order valence-corrected chi connectivity index (χ1v) is 11.5. The van der Waals surface area contributed by atoms with E-state index in [1.165, 1.54) is 15.9 Å². The summed E-state index contributed by atoms with van der Waals surface area (Å²) in [5.41, 5.74) is 0.718. The first-order valence-electron chi connectivity index (χ1n) is 9.88. The summed E-state index contributed by atoms with van der Waals surface area (Å²) < 4.78 is 2.39. The van der Waals surface area contributed by atoms with E-state index in [0.29, 0.717) is 38.1 Å². The third kappa shape index (κ3) is 4.24. The van der Waals surface area contributed by atoms with Crippen molar-refractivity contribution in [3.63, 3.8) is 0 Å². The number of thiophene rings is 1. The van der Waals surface area contributed by atoms with Gasteiger partial charge >= 0.3 is 5.69 Å². The highest BCUT2D eigenvalue weighted by Crippen LogP contribution is 2.24. The standard InChI is InChI=1S/C23H19Cl2N3O3S/c1-3-17-11-18-21(30)28(16-6-4-5-14(24)10-16)23(31)27(22(18)32-17)12-20(29)26-19-8-7-15(25)9-13(19)2/h4-11H,3,12H2,1-2H3,(H,26,29). The van der Waals surface area contributed by atoms with Crippen LogP contribution in [0, 0.1) is 6.92 Å². The van der Waals surface area contributed by atoms with Gasteiger partial charge in [-0.2, -0.15) is 0 Å². The second-order valence-electron chi connectivity index (χ2n) is 7.28. The fraction of sp³-hybridized carbons (Fsp3) is 0.174. The smallest absolute Gasteiger partial charge is 0.324 e. The van der Waals surface area contributed by atoms with Gasteiger partial charge in [0.1, 0.15) is 11.4 Å². The Balaban J connectivity index is 1.84. The van der Waals surface area contributed by atoms with Gasteiger partial charge in [-0.25, -0.2) is 9.36 Å². The number of benzene rings is 2. The quantitative estimate of drug-likeness (QED) is 0.428. The summed E-state index contributed by atoms with van der Waals surface area (Å²) in [5, 5.41) is 4.18. The molecule has 32 heavy (non-hydrogen) atoms. The molecule has 1 N–H and O–H groups in total.